The summed E-state index contributed by atoms with van der Waals surface area (Å²) in [7, 11) is 0. The van der Waals surface area contributed by atoms with Gasteiger partial charge in [0.2, 0.25) is 0 Å². The standard InChI is InChI=1S/C21H23F3N2O3/c1-20(2,3)15(12-6-8-14(9-7-12)29-21(22,23)24)10-17(27)16-11-18(28)26-19(25-16)13-4-5-13/h6-9,11,13,15H,4-5,10H2,1-3H3,(H,25,26,28)/t15-/m0/s1. The van der Waals surface area contributed by atoms with Crippen LogP contribution in [0.15, 0.2) is 35.1 Å². The number of nitrogens with zero attached hydrogens (tertiary/aromatic N) is 1. The number of aromatic amines is 1. The van der Waals surface area contributed by atoms with E-state index in [9.17, 15) is 22.8 Å². The molecule has 0 amide bonds. The van der Waals surface area contributed by atoms with Crippen LogP contribution >= 0.6 is 0 Å². The van der Waals surface area contributed by atoms with Crippen molar-refractivity contribution in [2.24, 2.45) is 5.41 Å². The van der Waals surface area contributed by atoms with Crippen LogP contribution < -0.4 is 10.3 Å². The third-order valence-corrected chi connectivity index (χ3v) is 4.96. The third kappa shape index (κ3) is 5.68. The normalized spacial score (nSPS) is 15.8. The highest BCUT2D eigenvalue weighted by Gasteiger charge is 2.33. The molecule has 1 aliphatic rings. The molecular weight excluding hydrogens is 385 g/mol. The molecule has 8 heteroatoms. The molecule has 1 aliphatic carbocycles. The van der Waals surface area contributed by atoms with E-state index in [1.807, 2.05) is 20.8 Å². The Kier molecular flexibility index (Phi) is 5.56. The highest BCUT2D eigenvalue weighted by molar-refractivity contribution is 5.94. The molecule has 1 atom stereocenters. The molecule has 2 aromatic rings. The van der Waals surface area contributed by atoms with Gasteiger partial charge in [-0.1, -0.05) is 32.9 Å². The van der Waals surface area contributed by atoms with Gasteiger partial charge in [0.1, 0.15) is 17.3 Å². The molecule has 3 rings (SSSR count). The van der Waals surface area contributed by atoms with Crippen molar-refractivity contribution in [3.05, 3.63) is 57.8 Å². The molecule has 0 bridgehead atoms. The first kappa shape index (κ1) is 21.1. The summed E-state index contributed by atoms with van der Waals surface area (Å²) < 4.78 is 41.0. The predicted octanol–water partition coefficient (Wildman–Crippen LogP) is 4.95. The Labute approximate surface area is 166 Å². The SMILES string of the molecule is CC(C)(C)[C@@H](CC(=O)c1cc(=O)[nH]c(C2CC2)n1)c1ccc(OC(F)(F)F)cc1. The zero-order valence-electron chi connectivity index (χ0n) is 16.5. The second kappa shape index (κ2) is 7.65. The molecule has 1 aromatic heterocycles. The Bertz CT molecular complexity index is 939. The smallest absolute Gasteiger partial charge is 0.406 e. The maximum Gasteiger partial charge on any atom is 0.573 e. The fraction of sp³-hybridized carbons (Fsp3) is 0.476. The quantitative estimate of drug-likeness (QED) is 0.687. The van der Waals surface area contributed by atoms with Gasteiger partial charge in [-0.25, -0.2) is 4.98 Å². The fourth-order valence-corrected chi connectivity index (χ4v) is 3.29. The average Bonchev–Trinajstić information content (AvgIpc) is 3.42. The third-order valence-electron chi connectivity index (χ3n) is 4.96. The first-order chi connectivity index (χ1) is 13.4. The van der Waals surface area contributed by atoms with Crippen molar-refractivity contribution in [2.75, 3.05) is 0 Å². The van der Waals surface area contributed by atoms with E-state index in [-0.39, 0.29) is 46.5 Å². The van der Waals surface area contributed by atoms with Crippen molar-refractivity contribution in [1.82, 2.24) is 9.97 Å². The minimum Gasteiger partial charge on any atom is -0.406 e. The van der Waals surface area contributed by atoms with Gasteiger partial charge in [0.15, 0.2) is 5.78 Å². The number of benzene rings is 1. The van der Waals surface area contributed by atoms with Crippen LogP contribution in [0.1, 0.15) is 73.7 Å². The van der Waals surface area contributed by atoms with Gasteiger partial charge in [-0.3, -0.25) is 9.59 Å². The largest absolute Gasteiger partial charge is 0.573 e. The molecule has 0 saturated heterocycles. The van der Waals surface area contributed by atoms with Crippen LogP contribution in [0.2, 0.25) is 0 Å². The minimum absolute atomic E-state index is 0.0868. The second-order valence-electron chi connectivity index (χ2n) is 8.45. The summed E-state index contributed by atoms with van der Waals surface area (Å²) in [4.78, 5) is 31.8. The van der Waals surface area contributed by atoms with Crippen molar-refractivity contribution in [2.45, 2.75) is 58.2 Å². The summed E-state index contributed by atoms with van der Waals surface area (Å²) in [6.07, 6.45) is -2.79. The van der Waals surface area contributed by atoms with Crippen LogP contribution in [0, 0.1) is 5.41 Å². The molecule has 1 saturated carbocycles. The monoisotopic (exact) mass is 408 g/mol. The number of H-pyrrole nitrogens is 1. The van der Waals surface area contributed by atoms with Crippen molar-refractivity contribution in [1.29, 1.82) is 0 Å². The van der Waals surface area contributed by atoms with Gasteiger partial charge < -0.3 is 9.72 Å². The van der Waals surface area contributed by atoms with Crippen molar-refractivity contribution in [3.8, 4) is 5.75 Å². The van der Waals surface area contributed by atoms with Crippen LogP contribution in [0.25, 0.3) is 0 Å². The lowest BCUT2D eigenvalue weighted by molar-refractivity contribution is -0.274. The summed E-state index contributed by atoms with van der Waals surface area (Å²) in [6.45, 7) is 5.85. The van der Waals surface area contributed by atoms with Crippen LogP contribution in [0.3, 0.4) is 0 Å². The van der Waals surface area contributed by atoms with E-state index < -0.39 is 6.36 Å². The van der Waals surface area contributed by atoms with Gasteiger partial charge in [-0.2, -0.15) is 0 Å². The number of aromatic nitrogens is 2. The number of alkyl halides is 3. The Morgan fingerprint density at radius 2 is 1.83 bits per heavy atom. The number of ketones is 1. The van der Waals surface area contributed by atoms with E-state index >= 15 is 0 Å². The molecule has 0 radical (unpaired) electrons. The van der Waals surface area contributed by atoms with Crippen LogP contribution in [-0.2, 0) is 0 Å². The van der Waals surface area contributed by atoms with E-state index in [2.05, 4.69) is 14.7 Å². The Morgan fingerprint density at radius 3 is 2.34 bits per heavy atom. The van der Waals surface area contributed by atoms with E-state index in [0.29, 0.717) is 11.4 Å². The van der Waals surface area contributed by atoms with Crippen molar-refractivity contribution >= 4 is 5.78 Å². The van der Waals surface area contributed by atoms with Crippen molar-refractivity contribution in [3.63, 3.8) is 0 Å². The lowest BCUT2D eigenvalue weighted by Gasteiger charge is -2.31. The predicted molar refractivity (Wildman–Crippen MR) is 101 cm³/mol. The van der Waals surface area contributed by atoms with Gasteiger partial charge in [0.05, 0.1) is 0 Å². The molecule has 29 heavy (non-hydrogen) atoms. The number of halogens is 3. The highest BCUT2D eigenvalue weighted by Crippen LogP contribution is 2.40. The van der Waals surface area contributed by atoms with E-state index in [4.69, 9.17) is 0 Å². The Balaban J connectivity index is 1.83. The molecule has 1 N–H and O–H groups in total. The van der Waals surface area contributed by atoms with Crippen LogP contribution in [0.5, 0.6) is 5.75 Å². The molecule has 156 valence electrons. The minimum atomic E-state index is -4.76. The van der Waals surface area contributed by atoms with Gasteiger partial charge in [-0.15, -0.1) is 13.2 Å². The summed E-state index contributed by atoms with van der Waals surface area (Å²) in [5.74, 6) is -0.114. The lowest BCUT2D eigenvalue weighted by atomic mass is 9.73. The average molecular weight is 408 g/mol. The van der Waals surface area contributed by atoms with Crippen molar-refractivity contribution < 1.29 is 22.7 Å². The zero-order valence-corrected chi connectivity index (χ0v) is 16.5. The van der Waals surface area contributed by atoms with E-state index in [1.54, 1.807) is 0 Å². The van der Waals surface area contributed by atoms with E-state index in [0.717, 1.165) is 12.8 Å². The Morgan fingerprint density at radius 1 is 1.21 bits per heavy atom. The second-order valence-corrected chi connectivity index (χ2v) is 8.45. The number of hydrogen-bond donors (Lipinski definition) is 1. The molecule has 1 fully saturated rings. The zero-order chi connectivity index (χ0) is 21.4. The van der Waals surface area contributed by atoms with Gasteiger partial charge in [-0.05, 0) is 41.9 Å². The number of carbonyl (C=O) groups excluding carboxylic acids is 1. The highest BCUT2D eigenvalue weighted by atomic mass is 19.4. The molecule has 5 nitrogen and oxygen atoms in total. The van der Waals surface area contributed by atoms with Crippen LogP contribution in [0.4, 0.5) is 13.2 Å². The first-order valence-corrected chi connectivity index (χ1v) is 9.42. The number of nitrogens with one attached hydrogen (secondary N) is 1. The number of Topliss-reactive ketones (excluding diaryl/α,β-unsaturated/α-hetero) is 1. The number of rotatable bonds is 6. The van der Waals surface area contributed by atoms with Gasteiger partial charge in [0.25, 0.3) is 5.56 Å². The molecule has 1 aromatic carbocycles. The summed E-state index contributed by atoms with van der Waals surface area (Å²) in [5, 5.41) is 0. The maximum absolute atomic E-state index is 12.9. The Hall–Kier alpha value is -2.64. The van der Waals surface area contributed by atoms with Gasteiger partial charge in [0, 0.05) is 18.4 Å². The van der Waals surface area contributed by atoms with E-state index in [1.165, 1.54) is 30.3 Å². The molecule has 0 unspecified atom stereocenters. The number of ether oxygens (including phenoxy) is 1. The molecule has 1 heterocycles. The molecule has 0 aliphatic heterocycles. The first-order valence-electron chi connectivity index (χ1n) is 9.42. The maximum atomic E-state index is 12.9. The molecular formula is C21H23F3N2O3. The summed E-state index contributed by atoms with van der Waals surface area (Å²) in [6, 6.07) is 6.75. The lowest BCUT2D eigenvalue weighted by Crippen LogP contribution is -2.23. The summed E-state index contributed by atoms with van der Waals surface area (Å²) >= 11 is 0. The topological polar surface area (TPSA) is 72.0 Å². The summed E-state index contributed by atoms with van der Waals surface area (Å²) in [5.41, 5.74) is 0.142. The molecule has 0 spiro atoms. The number of carbonyl (C=O) groups is 1. The number of hydrogen-bond acceptors (Lipinski definition) is 4. The fourth-order valence-electron chi connectivity index (χ4n) is 3.29. The van der Waals surface area contributed by atoms with Gasteiger partial charge >= 0.3 is 6.36 Å². The van der Waals surface area contributed by atoms with Crippen LogP contribution in [-0.4, -0.2) is 22.1 Å².